The van der Waals surface area contributed by atoms with Crippen LogP contribution in [0, 0.1) is 0 Å². The summed E-state index contributed by atoms with van der Waals surface area (Å²) in [6, 6.07) is 7.90. The number of rotatable bonds is 6. The van der Waals surface area contributed by atoms with Crippen molar-refractivity contribution in [3.05, 3.63) is 52.7 Å². The standard InChI is InChI=1S/C19H23N5O2/c1-4-13(2)14-5-7-15(8-6-14)22-17(25)9-10-24-12-20-18-16(19(24)26)11-21-23(18)3/h5-8,11-13H,4,9-10H2,1-3H3,(H,22,25)/t13-/m0/s1. The van der Waals surface area contributed by atoms with Gasteiger partial charge >= 0.3 is 0 Å². The highest BCUT2D eigenvalue weighted by Crippen LogP contribution is 2.20. The summed E-state index contributed by atoms with van der Waals surface area (Å²) in [6.07, 6.45) is 4.23. The molecule has 0 aliphatic carbocycles. The minimum Gasteiger partial charge on any atom is -0.326 e. The van der Waals surface area contributed by atoms with Gasteiger partial charge in [0.25, 0.3) is 5.56 Å². The molecular weight excluding hydrogens is 330 g/mol. The third-order valence-corrected chi connectivity index (χ3v) is 4.67. The molecule has 2 aromatic heterocycles. The Bertz CT molecular complexity index is 972. The first-order valence-electron chi connectivity index (χ1n) is 8.76. The van der Waals surface area contributed by atoms with Crippen molar-refractivity contribution in [2.75, 3.05) is 5.32 Å². The highest BCUT2D eigenvalue weighted by atomic mass is 16.2. The third-order valence-electron chi connectivity index (χ3n) is 4.67. The molecule has 0 saturated heterocycles. The molecule has 1 aromatic carbocycles. The van der Waals surface area contributed by atoms with Crippen LogP contribution in [0.1, 0.15) is 38.2 Å². The van der Waals surface area contributed by atoms with E-state index in [-0.39, 0.29) is 24.4 Å². The van der Waals surface area contributed by atoms with Crippen LogP contribution in [0.4, 0.5) is 5.69 Å². The molecule has 0 bridgehead atoms. The Kier molecular flexibility index (Phi) is 5.16. The molecule has 0 fully saturated rings. The second-order valence-corrected chi connectivity index (χ2v) is 6.48. The van der Waals surface area contributed by atoms with Crippen LogP contribution in [0.5, 0.6) is 0 Å². The Morgan fingerprint density at radius 2 is 2.00 bits per heavy atom. The lowest BCUT2D eigenvalue weighted by Gasteiger charge is -2.11. The Morgan fingerprint density at radius 3 is 2.69 bits per heavy atom. The number of aryl methyl sites for hydroxylation is 2. The maximum atomic E-state index is 12.4. The third kappa shape index (κ3) is 3.66. The molecule has 3 aromatic rings. The van der Waals surface area contributed by atoms with E-state index in [1.54, 1.807) is 11.7 Å². The molecule has 0 saturated carbocycles. The highest BCUT2D eigenvalue weighted by molar-refractivity contribution is 5.90. The maximum absolute atomic E-state index is 12.4. The monoisotopic (exact) mass is 353 g/mol. The molecule has 0 unspecified atom stereocenters. The Morgan fingerprint density at radius 1 is 1.27 bits per heavy atom. The van der Waals surface area contributed by atoms with E-state index >= 15 is 0 Å². The molecule has 0 aliphatic heterocycles. The van der Waals surface area contributed by atoms with Gasteiger partial charge in [-0.15, -0.1) is 0 Å². The molecule has 1 amide bonds. The molecule has 0 radical (unpaired) electrons. The number of nitrogens with zero attached hydrogens (tertiary/aromatic N) is 4. The summed E-state index contributed by atoms with van der Waals surface area (Å²) in [5, 5.41) is 7.36. The minimum atomic E-state index is -0.186. The van der Waals surface area contributed by atoms with Crippen molar-refractivity contribution in [1.82, 2.24) is 19.3 Å². The van der Waals surface area contributed by atoms with E-state index in [4.69, 9.17) is 0 Å². The Balaban J connectivity index is 1.62. The van der Waals surface area contributed by atoms with Crippen molar-refractivity contribution in [1.29, 1.82) is 0 Å². The van der Waals surface area contributed by atoms with E-state index in [1.165, 1.54) is 22.7 Å². The number of anilines is 1. The molecule has 2 heterocycles. The van der Waals surface area contributed by atoms with E-state index < -0.39 is 0 Å². The number of carbonyl (C=O) groups is 1. The summed E-state index contributed by atoms with van der Waals surface area (Å²) >= 11 is 0. The minimum absolute atomic E-state index is 0.139. The molecule has 7 heteroatoms. The predicted molar refractivity (Wildman–Crippen MR) is 101 cm³/mol. The maximum Gasteiger partial charge on any atom is 0.264 e. The zero-order valence-electron chi connectivity index (χ0n) is 15.3. The average molecular weight is 353 g/mol. The van der Waals surface area contributed by atoms with Crippen LogP contribution in [0.2, 0.25) is 0 Å². The number of hydrogen-bond acceptors (Lipinski definition) is 4. The van der Waals surface area contributed by atoms with E-state index in [0.29, 0.717) is 17.0 Å². The molecule has 7 nitrogen and oxygen atoms in total. The van der Waals surface area contributed by atoms with Crippen LogP contribution >= 0.6 is 0 Å². The van der Waals surface area contributed by atoms with Crippen LogP contribution in [0.3, 0.4) is 0 Å². The SMILES string of the molecule is CC[C@H](C)c1ccc(NC(=O)CCn2cnc3c(cnn3C)c2=O)cc1. The van der Waals surface area contributed by atoms with Gasteiger partial charge in [-0.05, 0) is 30.0 Å². The van der Waals surface area contributed by atoms with Crippen molar-refractivity contribution in [2.45, 2.75) is 39.2 Å². The summed E-state index contributed by atoms with van der Waals surface area (Å²) in [6.45, 7) is 4.60. The molecule has 0 spiro atoms. The Hall–Kier alpha value is -2.96. The second-order valence-electron chi connectivity index (χ2n) is 6.48. The lowest BCUT2D eigenvalue weighted by atomic mass is 9.99. The van der Waals surface area contributed by atoms with Crippen molar-refractivity contribution >= 4 is 22.6 Å². The molecular formula is C19H23N5O2. The van der Waals surface area contributed by atoms with E-state index in [0.717, 1.165) is 12.1 Å². The average Bonchev–Trinajstić information content (AvgIpc) is 3.03. The first kappa shape index (κ1) is 17.8. The fourth-order valence-corrected chi connectivity index (χ4v) is 2.80. The molecule has 26 heavy (non-hydrogen) atoms. The van der Waals surface area contributed by atoms with Crippen molar-refractivity contribution < 1.29 is 4.79 Å². The predicted octanol–water partition coefficient (Wildman–Crippen LogP) is 2.67. The number of fused-ring (bicyclic) bond motifs is 1. The zero-order valence-corrected chi connectivity index (χ0v) is 15.3. The zero-order chi connectivity index (χ0) is 18.7. The summed E-state index contributed by atoms with van der Waals surface area (Å²) < 4.78 is 2.99. The van der Waals surface area contributed by atoms with Crippen LogP contribution in [0.15, 0.2) is 41.6 Å². The number of amides is 1. The quantitative estimate of drug-likeness (QED) is 0.739. The fourth-order valence-electron chi connectivity index (χ4n) is 2.80. The van der Waals surface area contributed by atoms with Crippen LogP contribution < -0.4 is 10.9 Å². The van der Waals surface area contributed by atoms with Gasteiger partial charge in [-0.2, -0.15) is 5.10 Å². The summed E-state index contributed by atoms with van der Waals surface area (Å²) in [4.78, 5) is 28.8. The van der Waals surface area contributed by atoms with E-state index in [9.17, 15) is 9.59 Å². The number of benzene rings is 1. The normalized spacial score (nSPS) is 12.3. The van der Waals surface area contributed by atoms with Gasteiger partial charge in [-0.25, -0.2) is 4.98 Å². The van der Waals surface area contributed by atoms with Gasteiger partial charge in [0.2, 0.25) is 5.91 Å². The lowest BCUT2D eigenvalue weighted by molar-refractivity contribution is -0.116. The van der Waals surface area contributed by atoms with Gasteiger partial charge in [-0.3, -0.25) is 18.8 Å². The van der Waals surface area contributed by atoms with Crippen molar-refractivity contribution in [3.8, 4) is 0 Å². The topological polar surface area (TPSA) is 81.8 Å². The lowest BCUT2D eigenvalue weighted by Crippen LogP contribution is -2.23. The van der Waals surface area contributed by atoms with Gasteiger partial charge in [0.1, 0.15) is 5.39 Å². The smallest absolute Gasteiger partial charge is 0.264 e. The summed E-state index contributed by atoms with van der Waals surface area (Å²) in [5.74, 6) is 0.362. The number of hydrogen-bond donors (Lipinski definition) is 1. The van der Waals surface area contributed by atoms with Gasteiger partial charge in [0, 0.05) is 25.7 Å². The number of carbonyl (C=O) groups excluding carboxylic acids is 1. The van der Waals surface area contributed by atoms with Crippen LogP contribution in [0.25, 0.3) is 11.0 Å². The van der Waals surface area contributed by atoms with E-state index in [2.05, 4.69) is 29.2 Å². The largest absolute Gasteiger partial charge is 0.326 e. The molecule has 3 rings (SSSR count). The van der Waals surface area contributed by atoms with Crippen LogP contribution in [-0.2, 0) is 18.4 Å². The molecule has 136 valence electrons. The van der Waals surface area contributed by atoms with Crippen LogP contribution in [-0.4, -0.2) is 25.2 Å². The first-order valence-corrected chi connectivity index (χ1v) is 8.76. The first-order chi connectivity index (χ1) is 12.5. The van der Waals surface area contributed by atoms with Gasteiger partial charge < -0.3 is 5.32 Å². The molecule has 0 aliphatic rings. The van der Waals surface area contributed by atoms with Gasteiger partial charge in [0.15, 0.2) is 5.65 Å². The van der Waals surface area contributed by atoms with E-state index in [1.807, 2.05) is 24.3 Å². The van der Waals surface area contributed by atoms with Crippen molar-refractivity contribution in [3.63, 3.8) is 0 Å². The van der Waals surface area contributed by atoms with Gasteiger partial charge in [-0.1, -0.05) is 26.0 Å². The molecule has 1 atom stereocenters. The molecule has 1 N–H and O–H groups in total. The Labute approximate surface area is 151 Å². The summed E-state index contributed by atoms with van der Waals surface area (Å²) in [5.41, 5.74) is 2.37. The second kappa shape index (κ2) is 7.51. The number of aromatic nitrogens is 4. The number of nitrogens with one attached hydrogen (secondary N) is 1. The summed E-state index contributed by atoms with van der Waals surface area (Å²) in [7, 11) is 1.74. The fraction of sp³-hybridized carbons (Fsp3) is 0.368. The highest BCUT2D eigenvalue weighted by Gasteiger charge is 2.10. The van der Waals surface area contributed by atoms with Crippen molar-refractivity contribution in [2.24, 2.45) is 7.05 Å². The van der Waals surface area contributed by atoms with Gasteiger partial charge in [0.05, 0.1) is 12.5 Å².